The van der Waals surface area contributed by atoms with Crippen LogP contribution in [0, 0.1) is 0 Å². The van der Waals surface area contributed by atoms with E-state index in [0.717, 1.165) is 10.9 Å². The minimum Gasteiger partial charge on any atom is -0.394 e. The van der Waals surface area contributed by atoms with Crippen LogP contribution in [-0.4, -0.2) is 40.1 Å². The Hall–Kier alpha value is -1.94. The number of aliphatic hydroxyl groups excluding tert-OH is 1. The number of likely N-dealkylation sites (N-methyl/N-ethyl adjacent to an activating group) is 1. The molecule has 100 valence electrons. The molecule has 0 aliphatic heterocycles. The first-order chi connectivity index (χ1) is 8.95. The van der Waals surface area contributed by atoms with Gasteiger partial charge in [-0.25, -0.2) is 0 Å². The fourth-order valence-electron chi connectivity index (χ4n) is 1.78. The third kappa shape index (κ3) is 2.58. The average molecular weight is 258 g/mol. The van der Waals surface area contributed by atoms with Crippen molar-refractivity contribution < 1.29 is 9.90 Å². The molecule has 0 aliphatic rings. The number of rotatable bonds is 3. The summed E-state index contributed by atoms with van der Waals surface area (Å²) < 4.78 is 0. The van der Waals surface area contributed by atoms with E-state index in [4.69, 9.17) is 0 Å². The summed E-state index contributed by atoms with van der Waals surface area (Å²) in [6.45, 7) is 3.57. The molecule has 1 N–H and O–H groups in total. The third-order valence-electron chi connectivity index (χ3n) is 3.45. The summed E-state index contributed by atoms with van der Waals surface area (Å²) in [4.78, 5) is 18.2. The van der Waals surface area contributed by atoms with E-state index in [1.54, 1.807) is 24.2 Å². The lowest BCUT2D eigenvalue weighted by Crippen LogP contribution is -2.47. The summed E-state index contributed by atoms with van der Waals surface area (Å²) >= 11 is 0. The summed E-state index contributed by atoms with van der Waals surface area (Å²) in [7, 11) is 1.70. The fraction of sp³-hybridized carbons (Fsp3) is 0.333. The second-order valence-electron chi connectivity index (χ2n) is 5.25. The summed E-state index contributed by atoms with van der Waals surface area (Å²) in [6, 6.07) is 9.20. The van der Waals surface area contributed by atoms with E-state index in [2.05, 4.69) is 4.98 Å². The van der Waals surface area contributed by atoms with E-state index in [-0.39, 0.29) is 12.5 Å². The molecule has 2 rings (SSSR count). The molecule has 0 fully saturated rings. The lowest BCUT2D eigenvalue weighted by molar-refractivity contribution is 0.0473. The van der Waals surface area contributed by atoms with E-state index in [1.807, 2.05) is 38.1 Å². The molecule has 0 saturated heterocycles. The Morgan fingerprint density at radius 1 is 1.37 bits per heavy atom. The Morgan fingerprint density at radius 3 is 2.79 bits per heavy atom. The molecule has 4 nitrogen and oxygen atoms in total. The molecule has 1 heterocycles. The van der Waals surface area contributed by atoms with Crippen LogP contribution in [0.5, 0.6) is 0 Å². The van der Waals surface area contributed by atoms with E-state index >= 15 is 0 Å². The molecule has 0 unspecified atom stereocenters. The molecule has 0 bridgehead atoms. The van der Waals surface area contributed by atoms with Crippen LogP contribution in [0.3, 0.4) is 0 Å². The molecular weight excluding hydrogens is 240 g/mol. The van der Waals surface area contributed by atoms with Crippen LogP contribution in [0.4, 0.5) is 0 Å². The van der Waals surface area contributed by atoms with Gasteiger partial charge in [-0.3, -0.25) is 9.78 Å². The van der Waals surface area contributed by atoms with Crippen molar-refractivity contribution >= 4 is 16.8 Å². The van der Waals surface area contributed by atoms with Crippen molar-refractivity contribution in [3.8, 4) is 0 Å². The number of aromatic nitrogens is 1. The predicted octanol–water partition coefficient (Wildman–Crippen LogP) is 2.08. The highest BCUT2D eigenvalue weighted by molar-refractivity contribution is 5.98. The monoisotopic (exact) mass is 258 g/mol. The number of hydrogen-bond acceptors (Lipinski definition) is 3. The zero-order valence-corrected chi connectivity index (χ0v) is 11.4. The van der Waals surface area contributed by atoms with Gasteiger partial charge in [-0.1, -0.05) is 6.07 Å². The molecule has 0 radical (unpaired) electrons. The van der Waals surface area contributed by atoms with Gasteiger partial charge in [0.25, 0.3) is 5.91 Å². The smallest absolute Gasteiger partial charge is 0.254 e. The molecule has 0 saturated carbocycles. The molecule has 1 aromatic heterocycles. The number of carbonyl (C=O) groups is 1. The predicted molar refractivity (Wildman–Crippen MR) is 75.0 cm³/mol. The quantitative estimate of drug-likeness (QED) is 0.917. The number of benzene rings is 1. The average Bonchev–Trinajstić information content (AvgIpc) is 2.45. The molecule has 0 atom stereocenters. The van der Waals surface area contributed by atoms with Gasteiger partial charge in [-0.2, -0.15) is 0 Å². The van der Waals surface area contributed by atoms with E-state index in [0.29, 0.717) is 5.56 Å². The van der Waals surface area contributed by atoms with Gasteiger partial charge in [0.2, 0.25) is 0 Å². The Bertz CT molecular complexity index is 608. The van der Waals surface area contributed by atoms with Gasteiger partial charge in [0.15, 0.2) is 0 Å². The molecule has 4 heteroatoms. The maximum absolute atomic E-state index is 12.4. The number of pyridine rings is 1. The second kappa shape index (κ2) is 4.97. The minimum absolute atomic E-state index is 0.0790. The van der Waals surface area contributed by atoms with Gasteiger partial charge >= 0.3 is 0 Å². The SMILES string of the molecule is CN(C(=O)c1ccc2ncccc2c1)C(C)(C)CO. The third-order valence-corrected chi connectivity index (χ3v) is 3.45. The first-order valence-electron chi connectivity index (χ1n) is 6.19. The van der Waals surface area contributed by atoms with E-state index in [9.17, 15) is 9.90 Å². The van der Waals surface area contributed by atoms with Crippen LogP contribution in [-0.2, 0) is 0 Å². The zero-order valence-electron chi connectivity index (χ0n) is 11.4. The molecule has 19 heavy (non-hydrogen) atoms. The van der Waals surface area contributed by atoms with Crippen LogP contribution >= 0.6 is 0 Å². The number of amides is 1. The van der Waals surface area contributed by atoms with Gasteiger partial charge in [0.1, 0.15) is 0 Å². The minimum atomic E-state index is -0.582. The van der Waals surface area contributed by atoms with Crippen molar-refractivity contribution in [1.82, 2.24) is 9.88 Å². The highest BCUT2D eigenvalue weighted by atomic mass is 16.3. The van der Waals surface area contributed by atoms with Crippen LogP contribution in [0.15, 0.2) is 36.5 Å². The van der Waals surface area contributed by atoms with E-state index < -0.39 is 5.54 Å². The molecule has 1 amide bonds. The van der Waals surface area contributed by atoms with Crippen molar-refractivity contribution in [3.63, 3.8) is 0 Å². The van der Waals surface area contributed by atoms with E-state index in [1.165, 1.54) is 0 Å². The summed E-state index contributed by atoms with van der Waals surface area (Å²) in [5, 5.41) is 10.3. The summed E-state index contributed by atoms with van der Waals surface area (Å²) in [6.07, 6.45) is 1.73. The first-order valence-corrected chi connectivity index (χ1v) is 6.19. The second-order valence-corrected chi connectivity index (χ2v) is 5.25. The van der Waals surface area contributed by atoms with Crippen LogP contribution in [0.25, 0.3) is 10.9 Å². The van der Waals surface area contributed by atoms with Crippen molar-refractivity contribution in [2.24, 2.45) is 0 Å². The zero-order chi connectivity index (χ0) is 14.0. The van der Waals surface area contributed by atoms with Crippen molar-refractivity contribution in [2.75, 3.05) is 13.7 Å². The lowest BCUT2D eigenvalue weighted by atomic mass is 10.0. The molecule has 0 spiro atoms. The fourth-order valence-corrected chi connectivity index (χ4v) is 1.78. The molecule has 0 aliphatic carbocycles. The Labute approximate surface area is 112 Å². The van der Waals surface area contributed by atoms with Crippen LogP contribution in [0.1, 0.15) is 24.2 Å². The Kier molecular flexibility index (Phi) is 3.53. The highest BCUT2D eigenvalue weighted by Crippen LogP contribution is 2.18. The van der Waals surface area contributed by atoms with Gasteiger partial charge in [-0.05, 0) is 38.1 Å². The van der Waals surface area contributed by atoms with Crippen LogP contribution in [0.2, 0.25) is 0 Å². The molecular formula is C15H18N2O2. The number of nitrogens with zero attached hydrogens (tertiary/aromatic N) is 2. The van der Waals surface area contributed by atoms with Crippen molar-refractivity contribution in [2.45, 2.75) is 19.4 Å². The topological polar surface area (TPSA) is 53.4 Å². The van der Waals surface area contributed by atoms with Gasteiger partial charge in [0, 0.05) is 24.2 Å². The summed E-state index contributed by atoms with van der Waals surface area (Å²) in [5.74, 6) is -0.107. The first kappa shape index (κ1) is 13.5. The van der Waals surface area contributed by atoms with Crippen molar-refractivity contribution in [3.05, 3.63) is 42.1 Å². The largest absolute Gasteiger partial charge is 0.394 e. The summed E-state index contributed by atoms with van der Waals surface area (Å²) in [5.41, 5.74) is 0.883. The van der Waals surface area contributed by atoms with Gasteiger partial charge < -0.3 is 10.0 Å². The van der Waals surface area contributed by atoms with Crippen LogP contribution < -0.4 is 0 Å². The maximum atomic E-state index is 12.4. The maximum Gasteiger partial charge on any atom is 0.254 e. The molecule has 1 aromatic carbocycles. The highest BCUT2D eigenvalue weighted by Gasteiger charge is 2.27. The Morgan fingerprint density at radius 2 is 2.11 bits per heavy atom. The number of hydrogen-bond donors (Lipinski definition) is 1. The molecule has 2 aromatic rings. The lowest BCUT2D eigenvalue weighted by Gasteiger charge is -2.34. The standard InChI is InChI=1S/C15H18N2O2/c1-15(2,10-18)17(3)14(19)12-6-7-13-11(9-12)5-4-8-16-13/h4-9,18H,10H2,1-3H3. The van der Waals surface area contributed by atoms with Crippen molar-refractivity contribution in [1.29, 1.82) is 0 Å². The van der Waals surface area contributed by atoms with Gasteiger partial charge in [0.05, 0.1) is 17.7 Å². The normalized spacial score (nSPS) is 11.6. The number of fused-ring (bicyclic) bond motifs is 1. The number of carbonyl (C=O) groups excluding carboxylic acids is 1. The van der Waals surface area contributed by atoms with Gasteiger partial charge in [-0.15, -0.1) is 0 Å². The number of aliphatic hydroxyl groups is 1. The Balaban J connectivity index is 2.36.